The van der Waals surface area contributed by atoms with Crippen molar-refractivity contribution in [2.24, 2.45) is 0 Å². The Hall–Kier alpha value is -2.07. The molecule has 0 radical (unpaired) electrons. The molecule has 1 nitrogen and oxygen atoms in total. The molecule has 0 bridgehead atoms. The first-order valence-corrected chi connectivity index (χ1v) is 5.78. The molecule has 0 fully saturated rings. The maximum absolute atomic E-state index is 9.28. The highest BCUT2D eigenvalue weighted by Crippen LogP contribution is 2.44. The molecule has 1 atom stereocenters. The van der Waals surface area contributed by atoms with E-state index in [1.807, 2.05) is 18.2 Å². The number of nitrogens with zero attached hydrogens (tertiary/aromatic N) is 1. The molecule has 3 rings (SSSR count). The van der Waals surface area contributed by atoms with Crippen molar-refractivity contribution < 1.29 is 0 Å². The van der Waals surface area contributed by atoms with Crippen LogP contribution in [0.15, 0.2) is 43.0 Å². The Balaban J connectivity index is 2.52. The summed E-state index contributed by atoms with van der Waals surface area (Å²) in [5.41, 5.74) is 3.17. The molecule has 82 valence electrons. The van der Waals surface area contributed by atoms with E-state index in [0.717, 1.165) is 17.5 Å². The van der Waals surface area contributed by atoms with Crippen LogP contribution in [0.25, 0.3) is 10.8 Å². The van der Waals surface area contributed by atoms with E-state index in [9.17, 15) is 5.26 Å². The van der Waals surface area contributed by atoms with Crippen LogP contribution in [-0.2, 0) is 11.8 Å². The minimum atomic E-state index is -0.103. The average Bonchev–Trinajstić information content (AvgIpc) is 2.67. The number of hydrogen-bond donors (Lipinski definition) is 0. The average molecular weight is 219 g/mol. The van der Waals surface area contributed by atoms with E-state index in [0.29, 0.717) is 0 Å². The highest BCUT2D eigenvalue weighted by atomic mass is 14.4. The van der Waals surface area contributed by atoms with Crippen LogP contribution in [0.1, 0.15) is 23.6 Å². The zero-order valence-corrected chi connectivity index (χ0v) is 9.83. The molecule has 0 heterocycles. The van der Waals surface area contributed by atoms with E-state index in [4.69, 9.17) is 0 Å². The Morgan fingerprint density at radius 1 is 1.35 bits per heavy atom. The van der Waals surface area contributed by atoms with Gasteiger partial charge in [0.2, 0.25) is 0 Å². The van der Waals surface area contributed by atoms with Gasteiger partial charge in [-0.15, -0.1) is 6.58 Å². The molecule has 0 unspecified atom stereocenters. The molecule has 0 saturated carbocycles. The van der Waals surface area contributed by atoms with Crippen molar-refractivity contribution in [1.82, 2.24) is 0 Å². The molecule has 0 amide bonds. The molecule has 1 aliphatic rings. The second kappa shape index (κ2) is 3.21. The molecule has 1 heteroatoms. The number of nitriles is 1. The lowest BCUT2D eigenvalue weighted by Crippen LogP contribution is -2.18. The number of rotatable bonds is 1. The SMILES string of the molecule is C=C[C@]1(C)Cc2cccc3ccc(C#N)c1c23. The van der Waals surface area contributed by atoms with Gasteiger partial charge >= 0.3 is 0 Å². The summed E-state index contributed by atoms with van der Waals surface area (Å²) in [5.74, 6) is 0. The first-order chi connectivity index (χ1) is 8.19. The smallest absolute Gasteiger partial charge is 0.0995 e. The summed E-state index contributed by atoms with van der Waals surface area (Å²) < 4.78 is 0. The fraction of sp³-hybridized carbons (Fsp3) is 0.188. The lowest BCUT2D eigenvalue weighted by atomic mass is 9.81. The van der Waals surface area contributed by atoms with Crippen molar-refractivity contribution in [2.75, 3.05) is 0 Å². The van der Waals surface area contributed by atoms with Crippen LogP contribution in [0.3, 0.4) is 0 Å². The molecular weight excluding hydrogens is 206 g/mol. The van der Waals surface area contributed by atoms with Crippen molar-refractivity contribution in [3.05, 3.63) is 59.7 Å². The second-order valence-electron chi connectivity index (χ2n) is 4.91. The third-order valence-electron chi connectivity index (χ3n) is 3.83. The van der Waals surface area contributed by atoms with Gasteiger partial charge in [0, 0.05) is 5.41 Å². The monoisotopic (exact) mass is 219 g/mol. The molecule has 17 heavy (non-hydrogen) atoms. The quantitative estimate of drug-likeness (QED) is 0.671. The van der Waals surface area contributed by atoms with Gasteiger partial charge in [-0.25, -0.2) is 0 Å². The van der Waals surface area contributed by atoms with Crippen LogP contribution in [0.5, 0.6) is 0 Å². The largest absolute Gasteiger partial charge is 0.192 e. The van der Waals surface area contributed by atoms with Gasteiger partial charge in [-0.1, -0.05) is 37.3 Å². The molecule has 0 saturated heterocycles. The van der Waals surface area contributed by atoms with Crippen molar-refractivity contribution in [3.63, 3.8) is 0 Å². The maximum atomic E-state index is 9.28. The minimum absolute atomic E-state index is 0.103. The van der Waals surface area contributed by atoms with Crippen LogP contribution in [-0.4, -0.2) is 0 Å². The van der Waals surface area contributed by atoms with Gasteiger partial charge in [0.05, 0.1) is 11.6 Å². The van der Waals surface area contributed by atoms with Crippen LogP contribution in [0.4, 0.5) is 0 Å². The molecule has 1 aliphatic carbocycles. The van der Waals surface area contributed by atoms with Crippen molar-refractivity contribution in [2.45, 2.75) is 18.8 Å². The van der Waals surface area contributed by atoms with E-state index in [-0.39, 0.29) is 5.41 Å². The maximum Gasteiger partial charge on any atom is 0.0995 e. The zero-order valence-electron chi connectivity index (χ0n) is 9.83. The van der Waals surface area contributed by atoms with Gasteiger partial charge in [-0.3, -0.25) is 0 Å². The van der Waals surface area contributed by atoms with Crippen molar-refractivity contribution >= 4 is 10.8 Å². The summed E-state index contributed by atoms with van der Waals surface area (Å²) in [6, 6.07) is 12.6. The van der Waals surface area contributed by atoms with E-state index in [1.165, 1.54) is 16.3 Å². The van der Waals surface area contributed by atoms with Crippen LogP contribution in [0.2, 0.25) is 0 Å². The summed E-state index contributed by atoms with van der Waals surface area (Å²) >= 11 is 0. The van der Waals surface area contributed by atoms with Gasteiger partial charge < -0.3 is 0 Å². The van der Waals surface area contributed by atoms with Gasteiger partial charge in [-0.05, 0) is 34.4 Å². The Morgan fingerprint density at radius 2 is 2.18 bits per heavy atom. The topological polar surface area (TPSA) is 23.8 Å². The fourth-order valence-electron chi connectivity index (χ4n) is 2.95. The Morgan fingerprint density at radius 3 is 2.88 bits per heavy atom. The van der Waals surface area contributed by atoms with Crippen molar-refractivity contribution in [3.8, 4) is 6.07 Å². The third-order valence-corrected chi connectivity index (χ3v) is 3.83. The molecule has 0 aliphatic heterocycles. The third kappa shape index (κ3) is 1.18. The highest BCUT2D eigenvalue weighted by Gasteiger charge is 2.34. The minimum Gasteiger partial charge on any atom is -0.192 e. The standard InChI is InChI=1S/C16H13N/c1-3-16(2)9-12-6-4-5-11-7-8-13(10-17)15(16)14(11)12/h3-8H,1,9H2,2H3/t16-/m1/s1. The number of allylic oxidation sites excluding steroid dienone is 1. The lowest BCUT2D eigenvalue weighted by Gasteiger charge is -2.21. The van der Waals surface area contributed by atoms with Crippen LogP contribution < -0.4 is 0 Å². The Labute approximate surface area is 101 Å². The number of hydrogen-bond acceptors (Lipinski definition) is 1. The molecule has 0 N–H and O–H groups in total. The summed E-state index contributed by atoms with van der Waals surface area (Å²) in [5, 5.41) is 11.8. The molecule has 0 aromatic heterocycles. The van der Waals surface area contributed by atoms with Gasteiger partial charge in [0.15, 0.2) is 0 Å². The normalized spacial score (nSPS) is 21.4. The molecule has 2 aromatic rings. The van der Waals surface area contributed by atoms with E-state index >= 15 is 0 Å². The van der Waals surface area contributed by atoms with Gasteiger partial charge in [0.25, 0.3) is 0 Å². The Kier molecular flexibility index (Phi) is 1.91. The molecular formula is C16H13N. The highest BCUT2D eigenvalue weighted by molar-refractivity contribution is 5.94. The molecule has 2 aromatic carbocycles. The van der Waals surface area contributed by atoms with E-state index in [2.05, 4.69) is 37.8 Å². The van der Waals surface area contributed by atoms with Gasteiger partial charge in [-0.2, -0.15) is 5.26 Å². The number of benzene rings is 2. The summed E-state index contributed by atoms with van der Waals surface area (Å²) in [6.07, 6.45) is 2.92. The summed E-state index contributed by atoms with van der Waals surface area (Å²) in [7, 11) is 0. The van der Waals surface area contributed by atoms with E-state index in [1.54, 1.807) is 0 Å². The summed E-state index contributed by atoms with van der Waals surface area (Å²) in [6.45, 7) is 6.11. The first-order valence-electron chi connectivity index (χ1n) is 5.78. The fourth-order valence-corrected chi connectivity index (χ4v) is 2.95. The molecule has 0 spiro atoms. The zero-order chi connectivity index (χ0) is 12.0. The predicted molar refractivity (Wildman–Crippen MR) is 69.9 cm³/mol. The van der Waals surface area contributed by atoms with Gasteiger partial charge in [0.1, 0.15) is 0 Å². The van der Waals surface area contributed by atoms with E-state index < -0.39 is 0 Å². The first kappa shape index (κ1) is 10.1. The lowest BCUT2D eigenvalue weighted by molar-refractivity contribution is 0.619. The Bertz CT molecular complexity index is 676. The van der Waals surface area contributed by atoms with Crippen LogP contribution in [0, 0.1) is 11.3 Å². The van der Waals surface area contributed by atoms with Crippen molar-refractivity contribution in [1.29, 1.82) is 5.26 Å². The summed E-state index contributed by atoms with van der Waals surface area (Å²) in [4.78, 5) is 0. The predicted octanol–water partition coefficient (Wildman–Crippen LogP) is 3.71. The van der Waals surface area contributed by atoms with Crippen LogP contribution >= 0.6 is 0 Å². The second-order valence-corrected chi connectivity index (χ2v) is 4.91.